The Morgan fingerprint density at radius 2 is 1.70 bits per heavy atom. The molecule has 1 aromatic heterocycles. The zero-order valence-corrected chi connectivity index (χ0v) is 18.9. The van der Waals surface area contributed by atoms with Crippen molar-refractivity contribution in [2.24, 2.45) is 4.99 Å². The van der Waals surface area contributed by atoms with Crippen LogP contribution < -0.4 is 15.4 Å². The van der Waals surface area contributed by atoms with Gasteiger partial charge >= 0.3 is 0 Å². The first-order valence-electron chi connectivity index (χ1n) is 11.3. The third kappa shape index (κ3) is 6.76. The van der Waals surface area contributed by atoms with Crippen LogP contribution in [0.5, 0.6) is 11.5 Å². The van der Waals surface area contributed by atoms with E-state index in [1.54, 1.807) is 37.6 Å². The molecule has 33 heavy (non-hydrogen) atoms. The third-order valence-corrected chi connectivity index (χ3v) is 5.63. The summed E-state index contributed by atoms with van der Waals surface area (Å²) in [6, 6.07) is 17.1. The summed E-state index contributed by atoms with van der Waals surface area (Å²) in [5.41, 5.74) is 3.33. The van der Waals surface area contributed by atoms with Crippen LogP contribution >= 0.6 is 0 Å². The van der Waals surface area contributed by atoms with Crippen molar-refractivity contribution in [2.45, 2.75) is 32.5 Å². The van der Waals surface area contributed by atoms with Gasteiger partial charge in [-0.3, -0.25) is 14.9 Å². The first kappa shape index (κ1) is 22.7. The predicted molar refractivity (Wildman–Crippen MR) is 129 cm³/mol. The fourth-order valence-corrected chi connectivity index (χ4v) is 3.83. The molecule has 2 N–H and O–H groups in total. The summed E-state index contributed by atoms with van der Waals surface area (Å²) in [6.07, 6.45) is 5.81. The Morgan fingerprint density at radius 1 is 1.00 bits per heavy atom. The lowest BCUT2D eigenvalue weighted by Crippen LogP contribution is -2.36. The number of hydrogen-bond acceptors (Lipinski definition) is 4. The molecule has 0 bridgehead atoms. The van der Waals surface area contributed by atoms with Crippen LogP contribution in [0.1, 0.15) is 29.5 Å². The Morgan fingerprint density at radius 3 is 2.36 bits per heavy atom. The minimum Gasteiger partial charge on any atom is -0.453 e. The van der Waals surface area contributed by atoms with Gasteiger partial charge in [0.1, 0.15) is 5.75 Å². The Kier molecular flexibility index (Phi) is 7.87. The summed E-state index contributed by atoms with van der Waals surface area (Å²) in [5.74, 6) is 0.903. The van der Waals surface area contributed by atoms with Crippen LogP contribution in [0.4, 0.5) is 4.39 Å². The van der Waals surface area contributed by atoms with E-state index in [2.05, 4.69) is 49.8 Å². The van der Waals surface area contributed by atoms with E-state index in [-0.39, 0.29) is 5.75 Å². The van der Waals surface area contributed by atoms with Gasteiger partial charge in [0.15, 0.2) is 17.5 Å². The molecule has 0 unspecified atom stereocenters. The van der Waals surface area contributed by atoms with Gasteiger partial charge in [-0.25, -0.2) is 4.39 Å². The number of ether oxygens (including phenoxy) is 1. The molecule has 2 heterocycles. The van der Waals surface area contributed by atoms with E-state index in [4.69, 9.17) is 4.74 Å². The first-order valence-corrected chi connectivity index (χ1v) is 11.3. The predicted octanol–water partition coefficient (Wildman–Crippen LogP) is 4.47. The minimum atomic E-state index is -0.421. The maximum Gasteiger partial charge on any atom is 0.191 e. The number of nitrogens with zero attached hydrogens (tertiary/aromatic N) is 3. The molecule has 1 aliphatic heterocycles. The highest BCUT2D eigenvalue weighted by atomic mass is 19.1. The second-order valence-electron chi connectivity index (χ2n) is 8.13. The Hall–Kier alpha value is -3.45. The van der Waals surface area contributed by atoms with Crippen molar-refractivity contribution in [2.75, 3.05) is 20.1 Å². The van der Waals surface area contributed by atoms with Crippen LogP contribution in [0.2, 0.25) is 0 Å². The molecule has 6 nitrogen and oxygen atoms in total. The van der Waals surface area contributed by atoms with Crippen LogP contribution in [-0.2, 0) is 19.6 Å². The van der Waals surface area contributed by atoms with Crippen molar-refractivity contribution < 1.29 is 9.13 Å². The van der Waals surface area contributed by atoms with Crippen LogP contribution in [0.25, 0.3) is 0 Å². The van der Waals surface area contributed by atoms with Gasteiger partial charge in [-0.15, -0.1) is 0 Å². The third-order valence-electron chi connectivity index (χ3n) is 5.63. The molecule has 172 valence electrons. The molecular weight excluding hydrogens is 417 g/mol. The summed E-state index contributed by atoms with van der Waals surface area (Å²) in [6.45, 7) is 4.54. The van der Waals surface area contributed by atoms with E-state index in [1.165, 1.54) is 43.1 Å². The maximum atomic E-state index is 14.5. The fourth-order valence-electron chi connectivity index (χ4n) is 3.83. The molecular formula is C26H30FN5O. The van der Waals surface area contributed by atoms with Gasteiger partial charge < -0.3 is 15.4 Å². The number of benzene rings is 2. The normalized spacial score (nSPS) is 14.3. The lowest BCUT2D eigenvalue weighted by Gasteiger charge is -2.15. The second-order valence-corrected chi connectivity index (χ2v) is 8.13. The molecule has 0 radical (unpaired) electrons. The quantitative estimate of drug-likeness (QED) is 0.394. The number of guanidine groups is 1. The van der Waals surface area contributed by atoms with Gasteiger partial charge in [0.2, 0.25) is 0 Å². The topological polar surface area (TPSA) is 61.8 Å². The lowest BCUT2D eigenvalue weighted by atomic mass is 10.1. The highest BCUT2D eigenvalue weighted by Crippen LogP contribution is 2.24. The van der Waals surface area contributed by atoms with E-state index >= 15 is 0 Å². The molecule has 1 aliphatic rings. The van der Waals surface area contributed by atoms with Crippen LogP contribution in [-0.4, -0.2) is 36.0 Å². The largest absolute Gasteiger partial charge is 0.453 e. The molecule has 0 saturated carbocycles. The smallest absolute Gasteiger partial charge is 0.191 e. The molecule has 0 aliphatic carbocycles. The van der Waals surface area contributed by atoms with Crippen molar-refractivity contribution >= 4 is 5.96 Å². The monoisotopic (exact) mass is 447 g/mol. The van der Waals surface area contributed by atoms with Crippen LogP contribution in [0, 0.1) is 5.82 Å². The van der Waals surface area contributed by atoms with Crippen LogP contribution in [0.15, 0.2) is 72.0 Å². The fraction of sp³-hybridized carbons (Fsp3) is 0.308. The molecule has 3 aromatic rings. The molecule has 4 rings (SSSR count). The molecule has 2 aromatic carbocycles. The van der Waals surface area contributed by atoms with Crippen molar-refractivity contribution in [3.63, 3.8) is 0 Å². The second kappa shape index (κ2) is 11.4. The van der Waals surface area contributed by atoms with Gasteiger partial charge in [0, 0.05) is 32.9 Å². The summed E-state index contributed by atoms with van der Waals surface area (Å²) >= 11 is 0. The Balaban J connectivity index is 1.25. The molecule has 0 atom stereocenters. The standard InChI is InChI=1S/C26H30FN5O/c1-28-26(30-16-20-6-8-21(9-7-20)19-32-13-2-3-14-32)31-17-22-10-11-25(24(27)15-22)33-23-5-4-12-29-18-23/h4-12,15,18H,2-3,13-14,16-17,19H2,1H3,(H2,28,30,31). The number of pyridine rings is 1. The SMILES string of the molecule is CN=C(NCc1ccc(CN2CCCC2)cc1)NCc1ccc(Oc2cccnc2)c(F)c1. The molecule has 7 heteroatoms. The summed E-state index contributed by atoms with van der Waals surface area (Å²) < 4.78 is 20.0. The van der Waals surface area contributed by atoms with E-state index in [1.807, 2.05) is 6.07 Å². The van der Waals surface area contributed by atoms with E-state index in [9.17, 15) is 4.39 Å². The maximum absolute atomic E-state index is 14.5. The first-order chi connectivity index (χ1) is 16.2. The Labute approximate surface area is 194 Å². The lowest BCUT2D eigenvalue weighted by molar-refractivity contribution is 0.331. The zero-order chi connectivity index (χ0) is 22.9. The van der Waals surface area contributed by atoms with Gasteiger partial charge in [0.25, 0.3) is 0 Å². The number of rotatable bonds is 8. The molecule has 1 fully saturated rings. The summed E-state index contributed by atoms with van der Waals surface area (Å²) in [5, 5.41) is 6.54. The summed E-state index contributed by atoms with van der Waals surface area (Å²) in [7, 11) is 1.72. The molecule has 0 spiro atoms. The zero-order valence-electron chi connectivity index (χ0n) is 18.9. The van der Waals surface area contributed by atoms with Gasteiger partial charge in [-0.1, -0.05) is 30.3 Å². The van der Waals surface area contributed by atoms with Crippen molar-refractivity contribution in [1.29, 1.82) is 0 Å². The number of aliphatic imine (C=N–C) groups is 1. The average Bonchev–Trinajstić information content (AvgIpc) is 3.35. The molecule has 0 amide bonds. The summed E-state index contributed by atoms with van der Waals surface area (Å²) in [4.78, 5) is 10.7. The van der Waals surface area contributed by atoms with E-state index in [0.717, 1.165) is 12.1 Å². The van der Waals surface area contributed by atoms with Gasteiger partial charge in [-0.2, -0.15) is 0 Å². The highest BCUT2D eigenvalue weighted by Gasteiger charge is 2.11. The van der Waals surface area contributed by atoms with Gasteiger partial charge in [-0.05, 0) is 66.9 Å². The van der Waals surface area contributed by atoms with E-state index in [0.29, 0.717) is 24.8 Å². The van der Waals surface area contributed by atoms with Gasteiger partial charge in [0.05, 0.1) is 6.20 Å². The number of aromatic nitrogens is 1. The number of nitrogens with one attached hydrogen (secondary N) is 2. The number of hydrogen-bond donors (Lipinski definition) is 2. The van der Waals surface area contributed by atoms with Crippen molar-refractivity contribution in [3.05, 3.63) is 89.5 Å². The average molecular weight is 448 g/mol. The Bertz CT molecular complexity index is 1050. The van der Waals surface area contributed by atoms with Crippen molar-refractivity contribution in [3.8, 4) is 11.5 Å². The molecule has 1 saturated heterocycles. The van der Waals surface area contributed by atoms with Crippen LogP contribution in [0.3, 0.4) is 0 Å². The highest BCUT2D eigenvalue weighted by molar-refractivity contribution is 5.79. The number of halogens is 1. The number of likely N-dealkylation sites (tertiary alicyclic amines) is 1. The van der Waals surface area contributed by atoms with E-state index < -0.39 is 5.82 Å². The minimum absolute atomic E-state index is 0.169. The van der Waals surface area contributed by atoms with Crippen molar-refractivity contribution in [1.82, 2.24) is 20.5 Å².